The fraction of sp³-hybridized carbons (Fsp3) is 0.643. The number of aromatic nitrogens is 2. The average molecular weight is 309 g/mol. The third kappa shape index (κ3) is 2.81. The van der Waals surface area contributed by atoms with Crippen molar-refractivity contribution < 1.29 is 4.79 Å². The average Bonchev–Trinajstić information content (AvgIpc) is 2.76. The van der Waals surface area contributed by atoms with Crippen molar-refractivity contribution in [3.05, 3.63) is 11.9 Å². The van der Waals surface area contributed by atoms with Gasteiger partial charge in [-0.05, 0) is 18.8 Å². The Morgan fingerprint density at radius 1 is 1.50 bits per heavy atom. The number of carbonyl (C=O) groups excluding carboxylic acids is 1. The van der Waals surface area contributed by atoms with Gasteiger partial charge in [0.25, 0.3) is 0 Å². The first kappa shape index (κ1) is 14.2. The Hall–Kier alpha value is -0.750. The zero-order valence-corrected chi connectivity index (χ0v) is 13.2. The Balaban J connectivity index is 1.78. The third-order valence-electron chi connectivity index (χ3n) is 4.09. The first-order chi connectivity index (χ1) is 9.65. The summed E-state index contributed by atoms with van der Waals surface area (Å²) in [5, 5.41) is 2.89. The maximum Gasteiger partial charge on any atom is 0.218 e. The second-order valence-corrected chi connectivity index (χ2v) is 7.95. The molecule has 0 radical (unpaired) electrons. The normalized spacial score (nSPS) is 27.9. The monoisotopic (exact) mass is 309 g/mol. The largest absolute Gasteiger partial charge is 0.370 e. The van der Waals surface area contributed by atoms with Crippen LogP contribution in [-0.4, -0.2) is 26.9 Å². The van der Waals surface area contributed by atoms with Crippen molar-refractivity contribution in [1.29, 1.82) is 0 Å². The lowest BCUT2D eigenvalue weighted by molar-refractivity contribution is -0.117. The molecule has 1 aromatic heterocycles. The molecule has 1 aromatic rings. The summed E-state index contributed by atoms with van der Waals surface area (Å²) in [6.07, 6.45) is 5.86. The molecular weight excluding hydrogens is 290 g/mol. The van der Waals surface area contributed by atoms with Crippen molar-refractivity contribution >= 4 is 29.4 Å². The van der Waals surface area contributed by atoms with E-state index in [-0.39, 0.29) is 5.91 Å². The summed E-state index contributed by atoms with van der Waals surface area (Å²) in [6, 6.07) is 0. The van der Waals surface area contributed by atoms with Gasteiger partial charge in [0.05, 0.1) is 0 Å². The van der Waals surface area contributed by atoms with Gasteiger partial charge in [-0.3, -0.25) is 4.79 Å². The first-order valence-electron chi connectivity index (χ1n) is 7.07. The lowest BCUT2D eigenvalue weighted by atomic mass is 9.80. The van der Waals surface area contributed by atoms with E-state index in [1.165, 1.54) is 24.8 Å². The summed E-state index contributed by atoms with van der Waals surface area (Å²) in [5.74, 6) is 1.87. The van der Waals surface area contributed by atoms with Crippen molar-refractivity contribution in [1.82, 2.24) is 9.97 Å². The quantitative estimate of drug-likeness (QED) is 0.684. The summed E-state index contributed by atoms with van der Waals surface area (Å²) in [5.41, 5.74) is 6.54. The molecule has 20 heavy (non-hydrogen) atoms. The molecule has 1 aliphatic carbocycles. The van der Waals surface area contributed by atoms with Crippen molar-refractivity contribution in [3.63, 3.8) is 0 Å². The molecule has 6 heteroatoms. The van der Waals surface area contributed by atoms with Crippen molar-refractivity contribution in [2.75, 3.05) is 5.75 Å². The van der Waals surface area contributed by atoms with E-state index in [0.29, 0.717) is 23.3 Å². The molecule has 1 fully saturated rings. The zero-order valence-electron chi connectivity index (χ0n) is 11.5. The smallest absolute Gasteiger partial charge is 0.218 e. The molecule has 0 aromatic carbocycles. The molecule has 1 amide bonds. The minimum atomic E-state index is -0.248. The number of nitrogens with two attached hydrogens (primary N) is 1. The third-order valence-corrected chi connectivity index (χ3v) is 6.47. The minimum absolute atomic E-state index is 0.248. The summed E-state index contributed by atoms with van der Waals surface area (Å²) in [7, 11) is 0. The minimum Gasteiger partial charge on any atom is -0.370 e. The Morgan fingerprint density at radius 3 is 3.15 bits per heavy atom. The molecule has 2 N–H and O–H groups in total. The van der Waals surface area contributed by atoms with Crippen LogP contribution in [0.3, 0.4) is 0 Å². The van der Waals surface area contributed by atoms with Crippen LogP contribution in [0.1, 0.15) is 44.1 Å². The topological polar surface area (TPSA) is 68.9 Å². The maximum atomic E-state index is 10.9. The van der Waals surface area contributed by atoms with Crippen molar-refractivity contribution in [2.45, 2.75) is 53.8 Å². The number of thioether (sulfide) groups is 2. The lowest BCUT2D eigenvalue weighted by Gasteiger charge is -2.29. The van der Waals surface area contributed by atoms with Crippen LogP contribution in [-0.2, 0) is 4.79 Å². The molecular formula is C14H19N3OS2. The number of hydrogen-bond acceptors (Lipinski definition) is 5. The van der Waals surface area contributed by atoms with E-state index in [1.807, 2.05) is 11.8 Å². The van der Waals surface area contributed by atoms with Crippen molar-refractivity contribution in [3.8, 4) is 0 Å². The fourth-order valence-corrected chi connectivity index (χ4v) is 5.79. The molecule has 2 heterocycles. The lowest BCUT2D eigenvalue weighted by Crippen LogP contribution is -2.21. The highest BCUT2D eigenvalue weighted by atomic mass is 32.2. The van der Waals surface area contributed by atoms with Gasteiger partial charge in [-0.15, -0.1) is 23.5 Å². The fourth-order valence-electron chi connectivity index (χ4n) is 3.07. The summed E-state index contributed by atoms with van der Waals surface area (Å²) >= 11 is 3.57. The molecule has 108 valence electrons. The zero-order chi connectivity index (χ0) is 14.1. The molecule has 3 atom stereocenters. The Bertz CT molecular complexity index is 523. The van der Waals surface area contributed by atoms with Crippen LogP contribution in [0, 0.1) is 5.92 Å². The van der Waals surface area contributed by atoms with Crippen LogP contribution in [0.5, 0.6) is 0 Å². The number of carbonyl (C=O) groups is 1. The number of hydrogen-bond donors (Lipinski definition) is 1. The Labute approximate surface area is 127 Å². The van der Waals surface area contributed by atoms with Gasteiger partial charge in [-0.2, -0.15) is 0 Å². The van der Waals surface area contributed by atoms with E-state index in [1.54, 1.807) is 18.1 Å². The van der Waals surface area contributed by atoms with Gasteiger partial charge in [0, 0.05) is 28.9 Å². The van der Waals surface area contributed by atoms with Crippen LogP contribution in [0.2, 0.25) is 0 Å². The number of fused-ring (bicyclic) bond motifs is 3. The van der Waals surface area contributed by atoms with Crippen LogP contribution in [0.15, 0.2) is 16.4 Å². The Morgan fingerprint density at radius 2 is 2.35 bits per heavy atom. The van der Waals surface area contributed by atoms with E-state index >= 15 is 0 Å². The van der Waals surface area contributed by atoms with Crippen LogP contribution in [0.25, 0.3) is 0 Å². The summed E-state index contributed by atoms with van der Waals surface area (Å²) in [4.78, 5) is 19.8. The predicted octanol–water partition coefficient (Wildman–Crippen LogP) is 2.82. The van der Waals surface area contributed by atoms with E-state index in [2.05, 4.69) is 16.9 Å². The molecule has 1 aliphatic heterocycles. The molecule has 1 saturated carbocycles. The first-order valence-corrected chi connectivity index (χ1v) is 8.94. The van der Waals surface area contributed by atoms with Crippen LogP contribution >= 0.6 is 23.5 Å². The van der Waals surface area contributed by atoms with Gasteiger partial charge in [0.2, 0.25) is 5.91 Å². The highest BCUT2D eigenvalue weighted by Crippen LogP contribution is 2.54. The second-order valence-electron chi connectivity index (χ2n) is 5.64. The standard InChI is InChI=1S/C14H19N3OS2/c1-8-2-3-9-10(6-8)20-14-12(9)13(16-7-17-14)19-5-4-11(15)18/h7-10H,2-6H2,1H3,(H2,15,18). The molecule has 0 bridgehead atoms. The van der Waals surface area contributed by atoms with E-state index in [9.17, 15) is 4.79 Å². The highest BCUT2D eigenvalue weighted by Gasteiger charge is 2.40. The van der Waals surface area contributed by atoms with Gasteiger partial charge < -0.3 is 5.73 Å². The summed E-state index contributed by atoms with van der Waals surface area (Å²) < 4.78 is 0. The predicted molar refractivity (Wildman–Crippen MR) is 82.0 cm³/mol. The number of primary amides is 1. The SMILES string of the molecule is CC1CCC2c3c(SCCC(N)=O)ncnc3SC2C1. The van der Waals surface area contributed by atoms with Crippen molar-refractivity contribution in [2.24, 2.45) is 11.7 Å². The molecule has 4 nitrogen and oxygen atoms in total. The maximum absolute atomic E-state index is 10.9. The van der Waals surface area contributed by atoms with Gasteiger partial charge in [0.15, 0.2) is 0 Å². The summed E-state index contributed by atoms with van der Waals surface area (Å²) in [6.45, 7) is 2.34. The van der Waals surface area contributed by atoms with Gasteiger partial charge in [-0.1, -0.05) is 13.3 Å². The second kappa shape index (κ2) is 5.93. The molecule has 0 saturated heterocycles. The van der Waals surface area contributed by atoms with Crippen LogP contribution in [0.4, 0.5) is 0 Å². The number of nitrogens with zero attached hydrogens (tertiary/aromatic N) is 2. The molecule has 2 aliphatic rings. The molecule has 3 unspecified atom stereocenters. The highest BCUT2D eigenvalue weighted by molar-refractivity contribution is 8.00. The van der Waals surface area contributed by atoms with E-state index in [0.717, 1.165) is 16.0 Å². The van der Waals surface area contributed by atoms with Gasteiger partial charge in [0.1, 0.15) is 16.4 Å². The van der Waals surface area contributed by atoms with Gasteiger partial charge >= 0.3 is 0 Å². The van der Waals surface area contributed by atoms with Crippen LogP contribution < -0.4 is 5.73 Å². The van der Waals surface area contributed by atoms with E-state index < -0.39 is 0 Å². The number of amides is 1. The van der Waals surface area contributed by atoms with E-state index in [4.69, 9.17) is 5.73 Å². The Kier molecular flexibility index (Phi) is 4.21. The molecule has 3 rings (SSSR count). The number of rotatable bonds is 4. The van der Waals surface area contributed by atoms with Gasteiger partial charge in [-0.25, -0.2) is 9.97 Å². The molecule has 0 spiro atoms.